The molecule has 1 heterocycles. The summed E-state index contributed by atoms with van der Waals surface area (Å²) in [5, 5.41) is 4.15. The second kappa shape index (κ2) is 9.91. The van der Waals surface area contributed by atoms with E-state index in [0.29, 0.717) is 28.2 Å². The number of methoxy groups -OCH3 is 1. The van der Waals surface area contributed by atoms with E-state index in [9.17, 15) is 9.18 Å². The maximum absolute atomic E-state index is 13.3. The van der Waals surface area contributed by atoms with Crippen molar-refractivity contribution in [3.63, 3.8) is 0 Å². The molecule has 0 aliphatic rings. The molecule has 0 amide bonds. The van der Waals surface area contributed by atoms with E-state index in [4.69, 9.17) is 21.1 Å². The predicted molar refractivity (Wildman–Crippen MR) is 118 cm³/mol. The van der Waals surface area contributed by atoms with Crippen LogP contribution in [0.25, 0.3) is 6.08 Å². The van der Waals surface area contributed by atoms with Crippen LogP contribution in [-0.2, 0) is 13.2 Å². The number of allylic oxidation sites excluding steroid dienone is 1. The quantitative estimate of drug-likeness (QED) is 0.288. The molecule has 0 spiro atoms. The molecule has 3 rings (SSSR count). The average Bonchev–Trinajstić information content (AvgIpc) is 3.13. The Hall–Kier alpha value is -2.64. The monoisotopic (exact) mass is 492 g/mol. The molecule has 1 aromatic heterocycles. The van der Waals surface area contributed by atoms with Gasteiger partial charge in [0, 0.05) is 18.2 Å². The maximum Gasteiger partial charge on any atom is 0.205 e. The minimum atomic E-state index is -0.505. The zero-order chi connectivity index (χ0) is 21.7. The molecule has 5 nitrogen and oxygen atoms in total. The Morgan fingerprint density at radius 2 is 2.10 bits per heavy atom. The summed E-state index contributed by atoms with van der Waals surface area (Å²) in [5.74, 6) is 0.418. The predicted octanol–water partition coefficient (Wildman–Crippen LogP) is 5.94. The highest BCUT2D eigenvalue weighted by atomic mass is 79.9. The number of benzene rings is 2. The minimum absolute atomic E-state index is 0.00728. The number of halogens is 3. The number of hydrogen-bond acceptors (Lipinski definition) is 4. The normalized spacial score (nSPS) is 11.1. The summed E-state index contributed by atoms with van der Waals surface area (Å²) in [7, 11) is 1.57. The molecule has 156 valence electrons. The van der Waals surface area contributed by atoms with E-state index in [2.05, 4.69) is 21.0 Å². The lowest BCUT2D eigenvalue weighted by atomic mass is 10.1. The average molecular weight is 494 g/mol. The number of ketones is 1. The number of aromatic nitrogens is 2. The molecular formula is C22H19BrClFN2O3. The van der Waals surface area contributed by atoms with Gasteiger partial charge in [-0.2, -0.15) is 5.10 Å². The van der Waals surface area contributed by atoms with Crippen LogP contribution in [0.4, 0.5) is 4.39 Å². The Morgan fingerprint density at radius 1 is 1.30 bits per heavy atom. The van der Waals surface area contributed by atoms with Crippen LogP contribution in [0.3, 0.4) is 0 Å². The summed E-state index contributed by atoms with van der Waals surface area (Å²) in [6.07, 6.45) is 4.83. The van der Waals surface area contributed by atoms with E-state index >= 15 is 0 Å². The van der Waals surface area contributed by atoms with Crippen LogP contribution in [0.5, 0.6) is 11.5 Å². The highest BCUT2D eigenvalue weighted by molar-refractivity contribution is 9.10. The maximum atomic E-state index is 13.3. The Balaban J connectivity index is 1.78. The highest BCUT2D eigenvalue weighted by Gasteiger charge is 2.14. The standard InChI is InChI=1S/C22H19BrClFN2O3/c1-3-27-22(17(23)12-26-27)20(28)8-4-14-5-9-21(29-2)15(10-14)13-30-16-6-7-19(25)18(24)11-16/h4-12H,3,13H2,1-2H3/b8-4+. The first-order valence-corrected chi connectivity index (χ1v) is 10.3. The van der Waals surface area contributed by atoms with Gasteiger partial charge in [-0.05, 0) is 58.8 Å². The third kappa shape index (κ3) is 5.09. The van der Waals surface area contributed by atoms with E-state index in [-0.39, 0.29) is 17.4 Å². The Kier molecular flexibility index (Phi) is 7.29. The van der Waals surface area contributed by atoms with Gasteiger partial charge in [-0.25, -0.2) is 4.39 Å². The molecule has 0 atom stereocenters. The van der Waals surface area contributed by atoms with Gasteiger partial charge in [0.2, 0.25) is 5.78 Å². The third-order valence-corrected chi connectivity index (χ3v) is 5.21. The van der Waals surface area contributed by atoms with Crippen LogP contribution in [0, 0.1) is 5.82 Å². The summed E-state index contributed by atoms with van der Waals surface area (Å²) in [6.45, 7) is 2.71. The second-order valence-corrected chi connectivity index (χ2v) is 7.55. The van der Waals surface area contributed by atoms with Gasteiger partial charge in [-0.1, -0.05) is 23.7 Å². The molecular weight excluding hydrogens is 475 g/mol. The lowest BCUT2D eigenvalue weighted by Gasteiger charge is -2.11. The first-order chi connectivity index (χ1) is 14.4. The van der Waals surface area contributed by atoms with Gasteiger partial charge in [0.1, 0.15) is 29.6 Å². The summed E-state index contributed by atoms with van der Waals surface area (Å²) in [5.41, 5.74) is 2.07. The van der Waals surface area contributed by atoms with Crippen molar-refractivity contribution in [2.45, 2.75) is 20.1 Å². The van der Waals surface area contributed by atoms with E-state index in [1.807, 2.05) is 19.1 Å². The number of rotatable bonds is 8. The topological polar surface area (TPSA) is 53.4 Å². The zero-order valence-electron chi connectivity index (χ0n) is 16.4. The number of carbonyl (C=O) groups is 1. The molecule has 3 aromatic rings. The minimum Gasteiger partial charge on any atom is -0.496 e. The fraction of sp³-hybridized carbons (Fsp3) is 0.182. The van der Waals surface area contributed by atoms with Crippen LogP contribution in [-0.4, -0.2) is 22.7 Å². The fourth-order valence-corrected chi connectivity index (χ4v) is 3.50. The number of hydrogen-bond donors (Lipinski definition) is 0. The van der Waals surface area contributed by atoms with Crippen molar-refractivity contribution < 1.29 is 18.7 Å². The van der Waals surface area contributed by atoms with Crippen LogP contribution < -0.4 is 9.47 Å². The molecule has 30 heavy (non-hydrogen) atoms. The largest absolute Gasteiger partial charge is 0.496 e. The van der Waals surface area contributed by atoms with Crippen LogP contribution in [0.15, 0.2) is 53.1 Å². The molecule has 0 fully saturated rings. The second-order valence-electron chi connectivity index (χ2n) is 6.29. The molecule has 0 bridgehead atoms. The molecule has 0 saturated heterocycles. The third-order valence-electron chi connectivity index (χ3n) is 4.34. The van der Waals surface area contributed by atoms with Crippen molar-refractivity contribution in [3.05, 3.63) is 80.8 Å². The molecule has 0 radical (unpaired) electrons. The van der Waals surface area contributed by atoms with Gasteiger partial charge in [0.15, 0.2) is 0 Å². The molecule has 0 unspecified atom stereocenters. The van der Waals surface area contributed by atoms with Crippen molar-refractivity contribution >= 4 is 39.4 Å². The zero-order valence-corrected chi connectivity index (χ0v) is 18.7. The van der Waals surface area contributed by atoms with Gasteiger partial charge in [-0.3, -0.25) is 9.48 Å². The Morgan fingerprint density at radius 3 is 2.80 bits per heavy atom. The van der Waals surface area contributed by atoms with Crippen molar-refractivity contribution in [1.29, 1.82) is 0 Å². The van der Waals surface area contributed by atoms with Gasteiger partial charge >= 0.3 is 0 Å². The smallest absolute Gasteiger partial charge is 0.205 e. The number of nitrogens with zero attached hydrogens (tertiary/aromatic N) is 2. The van der Waals surface area contributed by atoms with Crippen LogP contribution >= 0.6 is 27.5 Å². The first-order valence-electron chi connectivity index (χ1n) is 9.11. The summed E-state index contributed by atoms with van der Waals surface area (Å²) < 4.78 is 26.7. The molecule has 0 saturated carbocycles. The molecule has 0 aliphatic carbocycles. The highest BCUT2D eigenvalue weighted by Crippen LogP contribution is 2.26. The van der Waals surface area contributed by atoms with Crippen molar-refractivity contribution in [3.8, 4) is 11.5 Å². The van der Waals surface area contributed by atoms with Crippen molar-refractivity contribution in [1.82, 2.24) is 9.78 Å². The van der Waals surface area contributed by atoms with Gasteiger partial charge < -0.3 is 9.47 Å². The fourth-order valence-electron chi connectivity index (χ4n) is 2.84. The van der Waals surface area contributed by atoms with Gasteiger partial charge in [-0.15, -0.1) is 0 Å². The molecule has 2 aromatic carbocycles. The lowest BCUT2D eigenvalue weighted by molar-refractivity contribution is 0.103. The van der Waals surface area contributed by atoms with Crippen molar-refractivity contribution in [2.75, 3.05) is 7.11 Å². The summed E-state index contributed by atoms with van der Waals surface area (Å²) >= 11 is 9.16. The lowest BCUT2D eigenvalue weighted by Crippen LogP contribution is -2.07. The molecule has 0 aliphatic heterocycles. The van der Waals surface area contributed by atoms with Gasteiger partial charge in [0.05, 0.1) is 22.8 Å². The summed E-state index contributed by atoms with van der Waals surface area (Å²) in [6, 6.07) is 9.67. The van der Waals surface area contributed by atoms with E-state index < -0.39 is 5.82 Å². The first kappa shape index (κ1) is 22.1. The van der Waals surface area contributed by atoms with E-state index in [1.165, 1.54) is 24.3 Å². The van der Waals surface area contributed by atoms with Crippen LogP contribution in [0.1, 0.15) is 28.5 Å². The molecule has 0 N–H and O–H groups in total. The van der Waals surface area contributed by atoms with Crippen molar-refractivity contribution in [2.24, 2.45) is 0 Å². The Labute approximate surface area is 187 Å². The number of ether oxygens (including phenoxy) is 2. The summed E-state index contributed by atoms with van der Waals surface area (Å²) in [4.78, 5) is 12.6. The Bertz CT molecular complexity index is 1100. The SMILES string of the molecule is CCn1ncc(Br)c1C(=O)/C=C/c1ccc(OC)c(COc2ccc(F)c(Cl)c2)c1. The number of aryl methyl sites for hydroxylation is 1. The number of carbonyl (C=O) groups excluding carboxylic acids is 1. The molecule has 8 heteroatoms. The van der Waals surface area contributed by atoms with E-state index in [0.717, 1.165) is 11.1 Å². The van der Waals surface area contributed by atoms with Crippen LogP contribution in [0.2, 0.25) is 5.02 Å². The van der Waals surface area contributed by atoms with E-state index in [1.54, 1.807) is 30.1 Å². The van der Waals surface area contributed by atoms with Gasteiger partial charge in [0.25, 0.3) is 0 Å².